The summed E-state index contributed by atoms with van der Waals surface area (Å²) in [6.07, 6.45) is -0.396. The molecule has 0 atom stereocenters. The molecular weight excluding hydrogens is 521 g/mol. The van der Waals surface area contributed by atoms with Gasteiger partial charge in [0.15, 0.2) is 0 Å². The fraction of sp³-hybridized carbons (Fsp3) is 0.286. The molecule has 1 amide bonds. The van der Waals surface area contributed by atoms with E-state index in [0.717, 1.165) is 27.3 Å². The Morgan fingerprint density at radius 2 is 1.42 bits per heavy atom. The van der Waals surface area contributed by atoms with Crippen LogP contribution in [0.5, 0.6) is 5.75 Å². The largest absolute Gasteiger partial charge is 0.539 e. The molecule has 0 aliphatic carbocycles. The second-order valence-corrected chi connectivity index (χ2v) is 10.2. The van der Waals surface area contributed by atoms with Crippen molar-refractivity contribution < 1.29 is 19.2 Å². The van der Waals surface area contributed by atoms with Crippen LogP contribution in [0.25, 0.3) is 0 Å². The lowest BCUT2D eigenvalue weighted by molar-refractivity contribution is -0.181. The molecule has 0 spiro atoms. The third-order valence-electron chi connectivity index (χ3n) is 5.98. The molecular formula is C28H28Cl3NO4. The van der Waals surface area contributed by atoms with Crippen molar-refractivity contribution in [2.75, 3.05) is 5.88 Å². The smallest absolute Gasteiger partial charge is 0.393 e. The minimum absolute atomic E-state index is 0.0362. The molecule has 36 heavy (non-hydrogen) atoms. The Morgan fingerprint density at radius 1 is 0.833 bits per heavy atom. The van der Waals surface area contributed by atoms with E-state index in [2.05, 4.69) is 0 Å². The highest BCUT2D eigenvalue weighted by Gasteiger charge is 2.34. The number of ether oxygens (including phenoxy) is 1. The first kappa shape index (κ1) is 27.9. The number of hydroxylamine groups is 2. The van der Waals surface area contributed by atoms with Crippen LogP contribution >= 0.6 is 34.8 Å². The topological polar surface area (TPSA) is 55.8 Å². The van der Waals surface area contributed by atoms with Crippen molar-refractivity contribution in [1.29, 1.82) is 0 Å². The van der Waals surface area contributed by atoms with Gasteiger partial charge in [0.1, 0.15) is 5.75 Å². The summed E-state index contributed by atoms with van der Waals surface area (Å²) < 4.78 is 5.50. The summed E-state index contributed by atoms with van der Waals surface area (Å²) in [5.74, 6) is -0.103. The highest BCUT2D eigenvalue weighted by atomic mass is 35.5. The lowest BCUT2D eigenvalue weighted by Gasteiger charge is -2.29. The Labute approximate surface area is 226 Å². The third-order valence-corrected chi connectivity index (χ3v) is 7.38. The maximum Gasteiger partial charge on any atom is 0.539 e. The summed E-state index contributed by atoms with van der Waals surface area (Å²) in [4.78, 5) is 31.3. The van der Waals surface area contributed by atoms with Crippen LogP contribution in [0.3, 0.4) is 0 Å². The fourth-order valence-corrected chi connectivity index (χ4v) is 4.03. The second kappa shape index (κ2) is 12.0. The third kappa shape index (κ3) is 6.73. The van der Waals surface area contributed by atoms with Crippen molar-refractivity contribution in [3.8, 4) is 5.75 Å². The van der Waals surface area contributed by atoms with E-state index in [-0.39, 0.29) is 12.4 Å². The predicted molar refractivity (Wildman–Crippen MR) is 144 cm³/mol. The molecule has 0 heterocycles. The van der Waals surface area contributed by atoms with Crippen molar-refractivity contribution in [3.05, 3.63) is 98.5 Å². The molecule has 190 valence electrons. The van der Waals surface area contributed by atoms with Gasteiger partial charge >= 0.3 is 6.16 Å². The average Bonchev–Trinajstić information content (AvgIpc) is 2.85. The van der Waals surface area contributed by atoms with Gasteiger partial charge in [-0.25, -0.2) is 4.79 Å². The molecule has 0 aliphatic heterocycles. The summed E-state index contributed by atoms with van der Waals surface area (Å²) in [5.41, 5.74) is 3.44. The predicted octanol–water partition coefficient (Wildman–Crippen LogP) is 7.93. The first-order valence-corrected chi connectivity index (χ1v) is 12.7. The summed E-state index contributed by atoms with van der Waals surface area (Å²) in [6.45, 7) is 7.10. The Morgan fingerprint density at radius 3 is 2.00 bits per heavy atom. The minimum atomic E-state index is -1.04. The molecule has 0 bridgehead atoms. The SMILES string of the molecule is Cc1c(Cc2ccccc2Cl)ccc(OC(=O)ON(Cc2ccccc2Cl)C(=O)C(C)(C)CCl)c1C. The van der Waals surface area contributed by atoms with Crippen LogP contribution in [0.15, 0.2) is 60.7 Å². The van der Waals surface area contributed by atoms with Gasteiger partial charge in [0, 0.05) is 15.9 Å². The van der Waals surface area contributed by atoms with E-state index in [0.29, 0.717) is 27.8 Å². The van der Waals surface area contributed by atoms with E-state index in [1.165, 1.54) is 0 Å². The van der Waals surface area contributed by atoms with Crippen molar-refractivity contribution in [2.45, 2.75) is 40.7 Å². The number of amides is 1. The van der Waals surface area contributed by atoms with Crippen molar-refractivity contribution in [1.82, 2.24) is 5.06 Å². The van der Waals surface area contributed by atoms with Crippen LogP contribution in [0, 0.1) is 19.3 Å². The van der Waals surface area contributed by atoms with Crippen molar-refractivity contribution in [2.24, 2.45) is 5.41 Å². The molecule has 0 aliphatic rings. The first-order valence-electron chi connectivity index (χ1n) is 11.4. The Hall–Kier alpha value is -2.73. The maximum absolute atomic E-state index is 13.1. The zero-order chi connectivity index (χ0) is 26.5. The summed E-state index contributed by atoms with van der Waals surface area (Å²) in [7, 11) is 0. The van der Waals surface area contributed by atoms with Crippen LogP contribution in [-0.2, 0) is 22.6 Å². The number of halogens is 3. The molecule has 0 N–H and O–H groups in total. The molecule has 3 aromatic rings. The highest BCUT2D eigenvalue weighted by Crippen LogP contribution is 2.29. The van der Waals surface area contributed by atoms with Crippen molar-refractivity contribution in [3.63, 3.8) is 0 Å². The molecule has 0 unspecified atom stereocenters. The van der Waals surface area contributed by atoms with Crippen LogP contribution < -0.4 is 4.74 Å². The highest BCUT2D eigenvalue weighted by molar-refractivity contribution is 6.31. The van der Waals surface area contributed by atoms with Gasteiger partial charge < -0.3 is 9.57 Å². The van der Waals surface area contributed by atoms with E-state index < -0.39 is 17.5 Å². The van der Waals surface area contributed by atoms with Gasteiger partial charge in [-0.2, -0.15) is 5.06 Å². The molecule has 0 aromatic heterocycles. The van der Waals surface area contributed by atoms with Gasteiger partial charge in [-0.1, -0.05) is 65.7 Å². The van der Waals surface area contributed by atoms with E-state index in [4.69, 9.17) is 44.4 Å². The molecule has 8 heteroatoms. The minimum Gasteiger partial charge on any atom is -0.393 e. The number of carbonyl (C=O) groups excluding carboxylic acids is 2. The van der Waals surface area contributed by atoms with Crippen molar-refractivity contribution >= 4 is 46.9 Å². The number of rotatable bonds is 7. The summed E-state index contributed by atoms with van der Waals surface area (Å²) >= 11 is 18.6. The molecule has 0 radical (unpaired) electrons. The number of nitrogens with zero attached hydrogens (tertiary/aromatic N) is 1. The molecule has 0 saturated heterocycles. The van der Waals surface area contributed by atoms with E-state index in [1.54, 1.807) is 44.2 Å². The van der Waals surface area contributed by atoms with E-state index in [1.807, 2.05) is 44.2 Å². The Balaban J connectivity index is 1.79. The maximum atomic E-state index is 13.1. The number of carbonyl (C=O) groups is 2. The number of hydrogen-bond donors (Lipinski definition) is 0. The molecule has 0 fully saturated rings. The van der Waals surface area contributed by atoms with Gasteiger partial charge in [0.05, 0.1) is 12.0 Å². The van der Waals surface area contributed by atoms with Gasteiger partial charge in [-0.3, -0.25) is 4.79 Å². The fourth-order valence-electron chi connectivity index (χ4n) is 3.52. The number of benzene rings is 3. The summed E-state index contributed by atoms with van der Waals surface area (Å²) in [6, 6.07) is 18.3. The molecule has 3 rings (SSSR count). The molecule has 0 saturated carbocycles. The standard InChI is InChI=1S/C28H28Cl3NO4/c1-18-19(2)25(14-13-20(18)15-21-9-5-7-11-23(21)30)35-27(34)36-32(26(33)28(3,4)17-29)16-22-10-6-8-12-24(22)31/h5-14H,15-17H2,1-4H3. The average molecular weight is 549 g/mol. The van der Waals surface area contributed by atoms with Crippen LogP contribution in [0.1, 0.15) is 41.7 Å². The van der Waals surface area contributed by atoms with Gasteiger partial charge in [-0.15, -0.1) is 11.6 Å². The zero-order valence-corrected chi connectivity index (χ0v) is 22.9. The quantitative estimate of drug-likeness (QED) is 0.130. The Bertz CT molecular complexity index is 1260. The second-order valence-electron chi connectivity index (χ2n) is 9.14. The normalized spacial score (nSPS) is 11.2. The lowest BCUT2D eigenvalue weighted by Crippen LogP contribution is -2.43. The van der Waals surface area contributed by atoms with E-state index >= 15 is 0 Å². The van der Waals surface area contributed by atoms with Gasteiger partial charge in [0.25, 0.3) is 5.91 Å². The van der Waals surface area contributed by atoms with E-state index in [9.17, 15) is 9.59 Å². The van der Waals surface area contributed by atoms with Crippen LogP contribution in [0.2, 0.25) is 10.0 Å². The molecule has 5 nitrogen and oxygen atoms in total. The lowest BCUT2D eigenvalue weighted by atomic mass is 9.95. The van der Waals surface area contributed by atoms with Gasteiger partial charge in [0.2, 0.25) is 0 Å². The number of hydrogen-bond acceptors (Lipinski definition) is 4. The first-order chi connectivity index (χ1) is 17.0. The van der Waals surface area contributed by atoms with Crippen LogP contribution in [0.4, 0.5) is 4.79 Å². The van der Waals surface area contributed by atoms with Gasteiger partial charge in [-0.05, 0) is 80.1 Å². The number of alkyl halides is 1. The van der Waals surface area contributed by atoms with Crippen LogP contribution in [-0.4, -0.2) is 23.0 Å². The summed E-state index contributed by atoms with van der Waals surface area (Å²) in [5, 5.41) is 2.08. The Kier molecular flexibility index (Phi) is 9.29. The monoisotopic (exact) mass is 547 g/mol. The zero-order valence-electron chi connectivity index (χ0n) is 20.6. The molecule has 3 aromatic carbocycles.